The van der Waals surface area contributed by atoms with E-state index in [4.69, 9.17) is 10.6 Å². The van der Waals surface area contributed by atoms with Crippen LogP contribution in [0.3, 0.4) is 0 Å². The summed E-state index contributed by atoms with van der Waals surface area (Å²) >= 11 is 0. The number of nitrogen functional groups attached to an aromatic ring is 1. The lowest BCUT2D eigenvalue weighted by atomic mass is 10.3. The van der Waals surface area contributed by atoms with Crippen molar-refractivity contribution < 1.29 is 4.74 Å². The molecule has 2 rings (SSSR count). The highest BCUT2D eigenvalue weighted by atomic mass is 32.3. The lowest BCUT2D eigenvalue weighted by Crippen LogP contribution is -2.10. The number of aromatic nitrogens is 2. The number of hydrogen-bond donors (Lipinski definition) is 2. The van der Waals surface area contributed by atoms with Gasteiger partial charge in [-0.2, -0.15) is 0 Å². The van der Waals surface area contributed by atoms with Crippen molar-refractivity contribution in [3.63, 3.8) is 0 Å². The van der Waals surface area contributed by atoms with Crippen molar-refractivity contribution in [1.82, 2.24) is 9.55 Å². The lowest BCUT2D eigenvalue weighted by Gasteiger charge is -2.24. The molecular formula is C13H22N4OS. The van der Waals surface area contributed by atoms with Gasteiger partial charge in [-0.05, 0) is 30.9 Å². The molecule has 0 saturated heterocycles. The van der Waals surface area contributed by atoms with E-state index in [0.29, 0.717) is 6.73 Å². The van der Waals surface area contributed by atoms with Gasteiger partial charge < -0.3 is 14.7 Å². The molecular weight excluding hydrogens is 260 g/mol. The zero-order chi connectivity index (χ0) is 13.9. The first-order chi connectivity index (χ1) is 9.01. The van der Waals surface area contributed by atoms with Gasteiger partial charge in [0.1, 0.15) is 12.4 Å². The van der Waals surface area contributed by atoms with Crippen LogP contribution in [0.1, 0.15) is 0 Å². The number of pyridine rings is 1. The number of rotatable bonds is 6. The monoisotopic (exact) mass is 282 g/mol. The zero-order valence-corrected chi connectivity index (χ0v) is 12.5. The van der Waals surface area contributed by atoms with Crippen LogP contribution in [0.15, 0.2) is 24.5 Å². The van der Waals surface area contributed by atoms with Crippen LogP contribution in [-0.4, -0.2) is 40.7 Å². The summed E-state index contributed by atoms with van der Waals surface area (Å²) in [6.07, 6.45) is 10.6. The largest absolute Gasteiger partial charge is 0.360 e. The molecule has 0 aliphatic rings. The second-order valence-corrected chi connectivity index (χ2v) is 9.95. The molecule has 0 aromatic carbocycles. The van der Waals surface area contributed by atoms with E-state index in [0.717, 1.165) is 29.1 Å². The van der Waals surface area contributed by atoms with Crippen molar-refractivity contribution in [2.75, 3.05) is 36.6 Å². The Morgan fingerprint density at radius 2 is 2.16 bits per heavy atom. The smallest absolute Gasteiger partial charge is 0.143 e. The van der Waals surface area contributed by atoms with E-state index in [9.17, 15) is 0 Å². The Morgan fingerprint density at radius 3 is 2.84 bits per heavy atom. The molecule has 0 radical (unpaired) electrons. The molecule has 2 aromatic heterocycles. The van der Waals surface area contributed by atoms with Crippen molar-refractivity contribution in [1.29, 1.82) is 0 Å². The quantitative estimate of drug-likeness (QED) is 0.483. The Bertz CT molecular complexity index is 547. The van der Waals surface area contributed by atoms with Crippen molar-refractivity contribution in [3.8, 4) is 0 Å². The van der Waals surface area contributed by atoms with Gasteiger partial charge in [0, 0.05) is 23.5 Å². The van der Waals surface area contributed by atoms with E-state index in [1.165, 1.54) is 0 Å². The Labute approximate surface area is 115 Å². The molecule has 0 aliphatic carbocycles. The van der Waals surface area contributed by atoms with E-state index in [1.807, 2.05) is 22.9 Å². The molecule has 2 heterocycles. The standard InChI is InChI=1S/C13H22N4OS/c1-19(2,3)9-8-18-10-17-7-5-11-12(16-14)4-6-15-13(11)17/h4-7H,8-10,14H2,1-3H3,(H,15,16). The van der Waals surface area contributed by atoms with Gasteiger partial charge in [-0.15, -0.1) is 0 Å². The number of ether oxygens (including phenoxy) is 1. The minimum atomic E-state index is -0.495. The molecule has 0 saturated carbocycles. The van der Waals surface area contributed by atoms with Crippen molar-refractivity contribution in [2.45, 2.75) is 6.73 Å². The molecule has 0 bridgehead atoms. The van der Waals surface area contributed by atoms with Crippen LogP contribution < -0.4 is 11.3 Å². The third-order valence-electron chi connectivity index (χ3n) is 2.89. The summed E-state index contributed by atoms with van der Waals surface area (Å²) < 4.78 is 7.72. The highest BCUT2D eigenvalue weighted by Crippen LogP contribution is 2.33. The molecule has 106 valence electrons. The van der Waals surface area contributed by atoms with E-state index in [2.05, 4.69) is 29.2 Å². The first-order valence-electron chi connectivity index (χ1n) is 6.15. The molecule has 0 amide bonds. The molecule has 0 atom stereocenters. The Balaban J connectivity index is 2.02. The fourth-order valence-electron chi connectivity index (χ4n) is 1.79. The van der Waals surface area contributed by atoms with Gasteiger partial charge in [0.15, 0.2) is 0 Å². The number of nitrogens with one attached hydrogen (secondary N) is 1. The van der Waals surface area contributed by atoms with E-state index in [-0.39, 0.29) is 0 Å². The molecule has 3 N–H and O–H groups in total. The van der Waals surface area contributed by atoms with Crippen LogP contribution in [0.4, 0.5) is 5.69 Å². The summed E-state index contributed by atoms with van der Waals surface area (Å²) in [5, 5.41) is 1.01. The number of nitrogens with two attached hydrogens (primary N) is 1. The Hall–Kier alpha value is -1.24. The number of fused-ring (bicyclic) bond motifs is 1. The molecule has 0 spiro atoms. The first kappa shape index (κ1) is 14.2. The van der Waals surface area contributed by atoms with Gasteiger partial charge in [0.25, 0.3) is 0 Å². The molecule has 2 aromatic rings. The minimum absolute atomic E-state index is 0.495. The SMILES string of the molecule is CS(C)(C)CCOCn1ccc2c(NN)ccnc21. The minimum Gasteiger partial charge on any atom is -0.360 e. The highest BCUT2D eigenvalue weighted by Gasteiger charge is 2.07. The van der Waals surface area contributed by atoms with Crippen molar-refractivity contribution >= 4 is 26.7 Å². The maximum atomic E-state index is 5.73. The number of hydrogen-bond acceptors (Lipinski definition) is 4. The number of anilines is 1. The fourth-order valence-corrected chi connectivity index (χ4v) is 2.41. The van der Waals surface area contributed by atoms with E-state index in [1.54, 1.807) is 6.20 Å². The molecule has 5 nitrogen and oxygen atoms in total. The van der Waals surface area contributed by atoms with Crippen molar-refractivity contribution in [2.24, 2.45) is 5.84 Å². The van der Waals surface area contributed by atoms with Gasteiger partial charge in [0.2, 0.25) is 0 Å². The highest BCUT2D eigenvalue weighted by molar-refractivity contribution is 8.32. The average molecular weight is 282 g/mol. The van der Waals surface area contributed by atoms with Gasteiger partial charge >= 0.3 is 0 Å². The summed E-state index contributed by atoms with van der Waals surface area (Å²) in [7, 11) is -0.495. The van der Waals surface area contributed by atoms with E-state index >= 15 is 0 Å². The molecule has 19 heavy (non-hydrogen) atoms. The third kappa shape index (κ3) is 3.62. The van der Waals surface area contributed by atoms with Crippen molar-refractivity contribution in [3.05, 3.63) is 24.5 Å². The van der Waals surface area contributed by atoms with Gasteiger partial charge in [-0.25, -0.2) is 15.0 Å². The predicted molar refractivity (Wildman–Crippen MR) is 83.7 cm³/mol. The normalized spacial score (nSPS) is 12.8. The third-order valence-corrected chi connectivity index (χ3v) is 4.28. The molecule has 6 heteroatoms. The fraction of sp³-hybridized carbons (Fsp3) is 0.462. The average Bonchev–Trinajstić information content (AvgIpc) is 2.76. The van der Waals surface area contributed by atoms with Gasteiger partial charge in [0.05, 0.1) is 12.3 Å². The maximum Gasteiger partial charge on any atom is 0.143 e. The summed E-state index contributed by atoms with van der Waals surface area (Å²) in [6, 6.07) is 3.85. The zero-order valence-electron chi connectivity index (χ0n) is 11.7. The summed E-state index contributed by atoms with van der Waals surface area (Å²) in [4.78, 5) is 4.37. The summed E-state index contributed by atoms with van der Waals surface area (Å²) in [5.41, 5.74) is 4.44. The number of nitrogens with zero attached hydrogens (tertiary/aromatic N) is 2. The molecule has 0 aliphatic heterocycles. The number of hydrazine groups is 1. The van der Waals surface area contributed by atoms with Crippen LogP contribution in [0.2, 0.25) is 0 Å². The first-order valence-corrected chi connectivity index (χ1v) is 9.18. The van der Waals surface area contributed by atoms with E-state index < -0.39 is 10.0 Å². The summed E-state index contributed by atoms with van der Waals surface area (Å²) in [6.45, 7) is 1.31. The molecule has 0 fully saturated rings. The second kappa shape index (κ2) is 5.81. The van der Waals surface area contributed by atoms with Crippen LogP contribution in [0, 0.1) is 0 Å². The molecule has 0 unspecified atom stereocenters. The van der Waals surface area contributed by atoms with Crippen LogP contribution in [0.25, 0.3) is 11.0 Å². The predicted octanol–water partition coefficient (Wildman–Crippen LogP) is 1.99. The Morgan fingerprint density at radius 1 is 1.37 bits per heavy atom. The maximum absolute atomic E-state index is 5.73. The van der Waals surface area contributed by atoms with Crippen LogP contribution in [-0.2, 0) is 11.5 Å². The summed E-state index contributed by atoms with van der Waals surface area (Å²) in [5.74, 6) is 6.60. The van der Waals surface area contributed by atoms with Crippen LogP contribution in [0.5, 0.6) is 0 Å². The van der Waals surface area contributed by atoms with Crippen LogP contribution >= 0.6 is 10.0 Å². The lowest BCUT2D eigenvalue weighted by molar-refractivity contribution is 0.0924. The van der Waals surface area contributed by atoms with Gasteiger partial charge in [-0.1, -0.05) is 0 Å². The van der Waals surface area contributed by atoms with Gasteiger partial charge in [-0.3, -0.25) is 5.84 Å². The Kier molecular flexibility index (Phi) is 4.34. The topological polar surface area (TPSA) is 65.1 Å². The second-order valence-electron chi connectivity index (χ2n) is 5.36.